The largest absolute Gasteiger partial charge is 0.474 e. The van der Waals surface area contributed by atoms with Crippen LogP contribution in [0.25, 0.3) is 0 Å². The van der Waals surface area contributed by atoms with E-state index in [1.54, 1.807) is 14.2 Å². The molecule has 1 unspecified atom stereocenters. The van der Waals surface area contributed by atoms with Crippen LogP contribution in [-0.2, 0) is 30.9 Å². The van der Waals surface area contributed by atoms with Crippen molar-refractivity contribution >= 4 is 29.9 Å². The second kappa shape index (κ2) is 11.6. The third-order valence-electron chi connectivity index (χ3n) is 5.59. The third-order valence-corrected chi connectivity index (χ3v) is 5.59. The maximum absolute atomic E-state index is 6.01. The summed E-state index contributed by atoms with van der Waals surface area (Å²) in [4.78, 5) is 13.3. The molecule has 10 heteroatoms. The van der Waals surface area contributed by atoms with Crippen LogP contribution in [0.3, 0.4) is 0 Å². The Labute approximate surface area is 200 Å². The monoisotopic (exact) mass is 541 g/mol. The van der Waals surface area contributed by atoms with Gasteiger partial charge in [0.1, 0.15) is 18.5 Å². The molecule has 1 aliphatic heterocycles. The lowest BCUT2D eigenvalue weighted by atomic mass is 10.1. The van der Waals surface area contributed by atoms with Gasteiger partial charge in [-0.3, -0.25) is 4.99 Å². The van der Waals surface area contributed by atoms with Gasteiger partial charge in [0, 0.05) is 45.4 Å². The Bertz CT molecular complexity index is 867. The molecule has 1 fully saturated rings. The van der Waals surface area contributed by atoms with Gasteiger partial charge in [-0.05, 0) is 43.7 Å². The van der Waals surface area contributed by atoms with Crippen molar-refractivity contribution in [3.63, 3.8) is 0 Å². The van der Waals surface area contributed by atoms with E-state index in [1.807, 2.05) is 23.0 Å². The maximum Gasteiger partial charge on any atom is 0.213 e. The number of methoxy groups -OCH3 is 1. The van der Waals surface area contributed by atoms with E-state index >= 15 is 0 Å². The van der Waals surface area contributed by atoms with Crippen LogP contribution in [0.2, 0.25) is 0 Å². The predicted octanol–water partition coefficient (Wildman–Crippen LogP) is 2.44. The zero-order valence-corrected chi connectivity index (χ0v) is 20.5. The van der Waals surface area contributed by atoms with E-state index in [2.05, 4.69) is 30.7 Å². The molecule has 0 saturated heterocycles. The number of rotatable bonds is 7. The minimum atomic E-state index is 0. The normalized spacial score (nSPS) is 18.9. The van der Waals surface area contributed by atoms with Crippen molar-refractivity contribution in [1.82, 2.24) is 30.4 Å². The molecule has 9 nitrogen and oxygen atoms in total. The molecule has 2 aromatic rings. The predicted molar refractivity (Wildman–Crippen MR) is 129 cm³/mol. The summed E-state index contributed by atoms with van der Waals surface area (Å²) >= 11 is 0. The molecule has 2 N–H and O–H groups in total. The fraction of sp³-hybridized carbons (Fsp3) is 0.619. The molecule has 2 aromatic heterocycles. The average Bonchev–Trinajstić information content (AvgIpc) is 3.40. The van der Waals surface area contributed by atoms with Crippen molar-refractivity contribution < 1.29 is 9.47 Å². The van der Waals surface area contributed by atoms with Gasteiger partial charge in [-0.25, -0.2) is 14.6 Å². The fourth-order valence-electron chi connectivity index (χ4n) is 4.04. The molecular weight excluding hydrogens is 509 g/mol. The highest BCUT2D eigenvalue weighted by molar-refractivity contribution is 14.0. The number of pyridine rings is 1. The van der Waals surface area contributed by atoms with Gasteiger partial charge >= 0.3 is 0 Å². The Hall–Kier alpha value is -1.95. The molecular formula is C21H32IN7O2. The molecule has 4 rings (SSSR count). The first-order valence-electron chi connectivity index (χ1n) is 10.7. The second-order valence-corrected chi connectivity index (χ2v) is 7.89. The summed E-state index contributed by atoms with van der Waals surface area (Å²) in [6.45, 7) is 1.86. The molecule has 0 aromatic carbocycles. The number of hydrogen-bond acceptors (Lipinski definition) is 6. The van der Waals surface area contributed by atoms with Gasteiger partial charge < -0.3 is 20.1 Å². The molecule has 0 spiro atoms. The first kappa shape index (κ1) is 23.7. The van der Waals surface area contributed by atoms with E-state index < -0.39 is 0 Å². The van der Waals surface area contributed by atoms with Gasteiger partial charge in [0.2, 0.25) is 5.88 Å². The molecule has 1 atom stereocenters. The number of aromatic nitrogens is 4. The average molecular weight is 541 g/mol. The van der Waals surface area contributed by atoms with Gasteiger partial charge in [0.25, 0.3) is 0 Å². The van der Waals surface area contributed by atoms with E-state index in [0.29, 0.717) is 25.1 Å². The summed E-state index contributed by atoms with van der Waals surface area (Å²) in [7, 11) is 3.45. The van der Waals surface area contributed by atoms with Crippen LogP contribution in [0.15, 0.2) is 23.3 Å². The summed E-state index contributed by atoms with van der Waals surface area (Å²) in [5.74, 6) is 3.25. The topological polar surface area (TPSA) is 98.5 Å². The standard InChI is InChI=1S/C21H31N7O2.HI/c1-22-21(25-16-7-8-19-26-18(14-29-2)27-28(19)13-16)24-12-15-9-10-23-20(11-15)30-17-5-3-4-6-17;/h9-11,16-17H,3-8,12-14H2,1-2H3,(H2,22,24,25);1H. The van der Waals surface area contributed by atoms with E-state index in [0.717, 1.165) is 55.4 Å². The number of aryl methyl sites for hydroxylation is 1. The third kappa shape index (κ3) is 6.52. The number of aliphatic imine (C=N–C) groups is 1. The van der Waals surface area contributed by atoms with Crippen LogP contribution >= 0.6 is 24.0 Å². The highest BCUT2D eigenvalue weighted by Crippen LogP contribution is 2.23. The van der Waals surface area contributed by atoms with Crippen LogP contribution < -0.4 is 15.4 Å². The van der Waals surface area contributed by atoms with Crippen molar-refractivity contribution in [1.29, 1.82) is 0 Å². The summed E-state index contributed by atoms with van der Waals surface area (Å²) in [5.41, 5.74) is 1.12. The highest BCUT2D eigenvalue weighted by atomic mass is 127. The fourth-order valence-corrected chi connectivity index (χ4v) is 4.04. The number of ether oxygens (including phenoxy) is 2. The Balaban J connectivity index is 0.00000272. The van der Waals surface area contributed by atoms with Gasteiger partial charge in [0.15, 0.2) is 11.8 Å². The molecule has 0 bridgehead atoms. The number of guanidine groups is 1. The molecule has 1 saturated carbocycles. The lowest BCUT2D eigenvalue weighted by molar-refractivity contribution is 0.177. The summed E-state index contributed by atoms with van der Waals surface area (Å²) in [6, 6.07) is 4.26. The minimum Gasteiger partial charge on any atom is -0.474 e. The molecule has 3 heterocycles. The van der Waals surface area contributed by atoms with Crippen molar-refractivity contribution in [3.8, 4) is 5.88 Å². The van der Waals surface area contributed by atoms with Crippen LogP contribution in [0.4, 0.5) is 0 Å². The smallest absolute Gasteiger partial charge is 0.213 e. The second-order valence-electron chi connectivity index (χ2n) is 7.89. The van der Waals surface area contributed by atoms with Crippen LogP contribution in [0.5, 0.6) is 5.88 Å². The number of fused-ring (bicyclic) bond motifs is 1. The van der Waals surface area contributed by atoms with Crippen LogP contribution in [0.1, 0.15) is 49.3 Å². The molecule has 170 valence electrons. The Morgan fingerprint density at radius 1 is 1.29 bits per heavy atom. The van der Waals surface area contributed by atoms with Gasteiger partial charge in [0.05, 0.1) is 6.54 Å². The quantitative estimate of drug-likeness (QED) is 0.316. The SMILES string of the molecule is CN=C(NCc1ccnc(OC2CCCC2)c1)NC1CCc2nc(COC)nn2C1.I. The van der Waals surface area contributed by atoms with Crippen LogP contribution in [0, 0.1) is 0 Å². The van der Waals surface area contributed by atoms with Crippen molar-refractivity contribution in [2.75, 3.05) is 14.2 Å². The van der Waals surface area contributed by atoms with Gasteiger partial charge in [-0.2, -0.15) is 5.10 Å². The summed E-state index contributed by atoms with van der Waals surface area (Å²) < 4.78 is 13.1. The van der Waals surface area contributed by atoms with Crippen molar-refractivity contribution in [2.45, 2.75) is 70.4 Å². The number of hydrogen-bond donors (Lipinski definition) is 2. The van der Waals surface area contributed by atoms with E-state index in [4.69, 9.17) is 9.47 Å². The molecule has 2 aliphatic rings. The number of nitrogens with zero attached hydrogens (tertiary/aromatic N) is 5. The van der Waals surface area contributed by atoms with Gasteiger partial charge in [-0.1, -0.05) is 0 Å². The van der Waals surface area contributed by atoms with Crippen molar-refractivity contribution in [3.05, 3.63) is 35.5 Å². The molecule has 31 heavy (non-hydrogen) atoms. The summed E-state index contributed by atoms with van der Waals surface area (Å²) in [5, 5.41) is 11.4. The van der Waals surface area contributed by atoms with Gasteiger partial charge in [-0.15, -0.1) is 24.0 Å². The Kier molecular flexibility index (Phi) is 8.88. The molecule has 0 radical (unpaired) electrons. The maximum atomic E-state index is 6.01. The van der Waals surface area contributed by atoms with E-state index in [9.17, 15) is 0 Å². The Morgan fingerprint density at radius 2 is 2.13 bits per heavy atom. The zero-order valence-electron chi connectivity index (χ0n) is 18.2. The lowest BCUT2D eigenvalue weighted by Crippen LogP contribution is -2.46. The van der Waals surface area contributed by atoms with E-state index in [-0.39, 0.29) is 30.0 Å². The van der Waals surface area contributed by atoms with E-state index in [1.165, 1.54) is 12.8 Å². The van der Waals surface area contributed by atoms with Crippen molar-refractivity contribution in [2.24, 2.45) is 4.99 Å². The summed E-state index contributed by atoms with van der Waals surface area (Å²) in [6.07, 6.45) is 8.75. The number of nitrogens with one attached hydrogen (secondary N) is 2. The first-order chi connectivity index (χ1) is 14.7. The highest BCUT2D eigenvalue weighted by Gasteiger charge is 2.22. The molecule has 0 amide bonds. The minimum absolute atomic E-state index is 0. The zero-order chi connectivity index (χ0) is 20.8. The Morgan fingerprint density at radius 3 is 2.90 bits per heavy atom. The lowest BCUT2D eigenvalue weighted by Gasteiger charge is -2.25. The van der Waals surface area contributed by atoms with Crippen LogP contribution in [-0.4, -0.2) is 52.0 Å². The first-order valence-corrected chi connectivity index (χ1v) is 10.7. The molecule has 1 aliphatic carbocycles. The number of halogens is 1.